The smallest absolute Gasteiger partial charge is 0.328 e. The van der Waals surface area contributed by atoms with Crippen LogP contribution in [0.5, 0.6) is 0 Å². The molecule has 1 amide bonds. The molecule has 0 aromatic carbocycles. The van der Waals surface area contributed by atoms with Gasteiger partial charge >= 0.3 is 5.97 Å². The molecule has 16 heavy (non-hydrogen) atoms. The van der Waals surface area contributed by atoms with Crippen molar-refractivity contribution in [2.24, 2.45) is 11.3 Å². The molecule has 94 valence electrons. The van der Waals surface area contributed by atoms with Crippen molar-refractivity contribution in [2.75, 3.05) is 7.11 Å². The fourth-order valence-electron chi connectivity index (χ4n) is 1.15. The maximum atomic E-state index is 11.8. The summed E-state index contributed by atoms with van der Waals surface area (Å²) in [5, 5.41) is 2.74. The standard InChI is InChI=1S/C12H23NO3/c1-7-8(2)9(10(14)16-6)13-11(15)12(3,4)5/h8-9H,7H2,1-6H3,(H,13,15)/t8-,9+/m0/s1. The van der Waals surface area contributed by atoms with E-state index in [0.717, 1.165) is 6.42 Å². The van der Waals surface area contributed by atoms with Crippen LogP contribution in [-0.2, 0) is 14.3 Å². The van der Waals surface area contributed by atoms with Crippen LogP contribution in [0.2, 0.25) is 0 Å². The average molecular weight is 229 g/mol. The minimum atomic E-state index is -0.554. The highest BCUT2D eigenvalue weighted by atomic mass is 16.5. The van der Waals surface area contributed by atoms with Crippen LogP contribution in [0.4, 0.5) is 0 Å². The molecular weight excluding hydrogens is 206 g/mol. The van der Waals surface area contributed by atoms with Crippen LogP contribution in [0.15, 0.2) is 0 Å². The fraction of sp³-hybridized carbons (Fsp3) is 0.833. The third kappa shape index (κ3) is 4.21. The first-order valence-electron chi connectivity index (χ1n) is 5.62. The van der Waals surface area contributed by atoms with Gasteiger partial charge in [-0.25, -0.2) is 4.79 Å². The van der Waals surface area contributed by atoms with Crippen LogP contribution in [0.3, 0.4) is 0 Å². The van der Waals surface area contributed by atoms with Gasteiger partial charge in [-0.3, -0.25) is 4.79 Å². The Bertz CT molecular complexity index is 255. The molecule has 0 heterocycles. The van der Waals surface area contributed by atoms with Crippen LogP contribution in [0, 0.1) is 11.3 Å². The molecule has 4 nitrogen and oxygen atoms in total. The molecule has 1 N–H and O–H groups in total. The van der Waals surface area contributed by atoms with Gasteiger partial charge in [0.15, 0.2) is 0 Å². The lowest BCUT2D eigenvalue weighted by Crippen LogP contribution is -2.49. The van der Waals surface area contributed by atoms with Crippen LogP contribution in [0.25, 0.3) is 0 Å². The largest absolute Gasteiger partial charge is 0.467 e. The van der Waals surface area contributed by atoms with E-state index in [9.17, 15) is 9.59 Å². The topological polar surface area (TPSA) is 55.4 Å². The van der Waals surface area contributed by atoms with Crippen LogP contribution in [-0.4, -0.2) is 25.0 Å². The fourth-order valence-corrected chi connectivity index (χ4v) is 1.15. The van der Waals surface area contributed by atoms with Gasteiger partial charge in [-0.15, -0.1) is 0 Å². The van der Waals surface area contributed by atoms with Crippen molar-refractivity contribution < 1.29 is 14.3 Å². The summed E-state index contributed by atoms with van der Waals surface area (Å²) in [5.41, 5.74) is -0.500. The van der Waals surface area contributed by atoms with Gasteiger partial charge in [-0.2, -0.15) is 0 Å². The number of ether oxygens (including phenoxy) is 1. The normalized spacial score (nSPS) is 15.1. The Labute approximate surface area is 97.7 Å². The van der Waals surface area contributed by atoms with Gasteiger partial charge < -0.3 is 10.1 Å². The van der Waals surface area contributed by atoms with E-state index in [4.69, 9.17) is 4.74 Å². The zero-order valence-corrected chi connectivity index (χ0v) is 11.1. The Morgan fingerprint density at radius 3 is 2.12 bits per heavy atom. The number of carbonyl (C=O) groups excluding carboxylic acids is 2. The molecular formula is C12H23NO3. The van der Waals surface area contributed by atoms with Crippen molar-refractivity contribution in [3.8, 4) is 0 Å². The number of hydrogen-bond donors (Lipinski definition) is 1. The highest BCUT2D eigenvalue weighted by Crippen LogP contribution is 2.16. The van der Waals surface area contributed by atoms with Crippen molar-refractivity contribution in [1.29, 1.82) is 0 Å². The summed E-state index contributed by atoms with van der Waals surface area (Å²) in [5.74, 6) is -0.450. The van der Waals surface area contributed by atoms with Gasteiger partial charge in [0, 0.05) is 5.41 Å². The molecule has 0 aliphatic heterocycles. The minimum Gasteiger partial charge on any atom is -0.467 e. The molecule has 0 aromatic rings. The number of nitrogens with one attached hydrogen (secondary N) is 1. The zero-order chi connectivity index (χ0) is 12.9. The molecule has 0 aliphatic carbocycles. The Hall–Kier alpha value is -1.06. The Morgan fingerprint density at radius 1 is 1.31 bits per heavy atom. The molecule has 4 heteroatoms. The van der Waals surface area contributed by atoms with Crippen molar-refractivity contribution >= 4 is 11.9 Å². The van der Waals surface area contributed by atoms with Crippen molar-refractivity contribution in [1.82, 2.24) is 5.32 Å². The molecule has 0 aliphatic rings. The third-order valence-electron chi connectivity index (χ3n) is 2.64. The van der Waals surface area contributed by atoms with Gasteiger partial charge in [-0.05, 0) is 5.92 Å². The minimum absolute atomic E-state index is 0.0683. The molecule has 0 aromatic heterocycles. The first kappa shape index (κ1) is 14.9. The molecule has 0 unspecified atom stereocenters. The molecule has 0 spiro atoms. The van der Waals surface area contributed by atoms with E-state index < -0.39 is 11.5 Å². The van der Waals surface area contributed by atoms with Crippen molar-refractivity contribution in [3.05, 3.63) is 0 Å². The Kier molecular flexibility index (Phi) is 5.48. The molecule has 0 saturated heterocycles. The second-order valence-corrected chi connectivity index (χ2v) is 5.11. The van der Waals surface area contributed by atoms with E-state index >= 15 is 0 Å². The lowest BCUT2D eigenvalue weighted by Gasteiger charge is -2.26. The molecule has 2 atom stereocenters. The summed E-state index contributed by atoms with van der Waals surface area (Å²) in [7, 11) is 1.33. The third-order valence-corrected chi connectivity index (χ3v) is 2.64. The van der Waals surface area contributed by atoms with E-state index in [-0.39, 0.29) is 17.8 Å². The Balaban J connectivity index is 4.69. The monoisotopic (exact) mass is 229 g/mol. The van der Waals surface area contributed by atoms with E-state index in [1.54, 1.807) is 0 Å². The SMILES string of the molecule is CC[C@H](C)[C@@H](NC(=O)C(C)(C)C)C(=O)OC. The second-order valence-electron chi connectivity index (χ2n) is 5.11. The number of amides is 1. The van der Waals surface area contributed by atoms with Crippen LogP contribution in [0.1, 0.15) is 41.0 Å². The molecule has 0 rings (SSSR count). The van der Waals surface area contributed by atoms with Crippen LogP contribution < -0.4 is 5.32 Å². The highest BCUT2D eigenvalue weighted by molar-refractivity contribution is 5.87. The first-order chi connectivity index (χ1) is 7.23. The molecule has 0 saturated carbocycles. The highest BCUT2D eigenvalue weighted by Gasteiger charge is 2.30. The van der Waals surface area contributed by atoms with E-state index in [2.05, 4.69) is 5.32 Å². The molecule has 0 radical (unpaired) electrons. The first-order valence-corrected chi connectivity index (χ1v) is 5.62. The Morgan fingerprint density at radius 2 is 1.81 bits per heavy atom. The number of hydrogen-bond acceptors (Lipinski definition) is 3. The summed E-state index contributed by atoms with van der Waals surface area (Å²) in [6.07, 6.45) is 0.810. The van der Waals surface area contributed by atoms with E-state index in [1.165, 1.54) is 7.11 Å². The van der Waals surface area contributed by atoms with Gasteiger partial charge in [0.05, 0.1) is 7.11 Å². The zero-order valence-electron chi connectivity index (χ0n) is 11.1. The lowest BCUT2D eigenvalue weighted by atomic mass is 9.93. The number of methoxy groups -OCH3 is 1. The maximum absolute atomic E-state index is 11.8. The summed E-state index contributed by atoms with van der Waals surface area (Å²) in [6.45, 7) is 9.34. The second kappa shape index (κ2) is 5.87. The summed E-state index contributed by atoms with van der Waals surface area (Å²) in [4.78, 5) is 23.3. The number of esters is 1. The van der Waals surface area contributed by atoms with Gasteiger partial charge in [-0.1, -0.05) is 41.0 Å². The van der Waals surface area contributed by atoms with Gasteiger partial charge in [0.1, 0.15) is 6.04 Å². The summed E-state index contributed by atoms with van der Waals surface area (Å²) in [6, 6.07) is -0.554. The summed E-state index contributed by atoms with van der Waals surface area (Å²) >= 11 is 0. The maximum Gasteiger partial charge on any atom is 0.328 e. The lowest BCUT2D eigenvalue weighted by molar-refractivity contribution is -0.147. The van der Waals surface area contributed by atoms with E-state index in [1.807, 2.05) is 34.6 Å². The van der Waals surface area contributed by atoms with Gasteiger partial charge in [0.2, 0.25) is 5.91 Å². The van der Waals surface area contributed by atoms with E-state index in [0.29, 0.717) is 0 Å². The van der Waals surface area contributed by atoms with Crippen molar-refractivity contribution in [2.45, 2.75) is 47.1 Å². The van der Waals surface area contributed by atoms with Crippen LogP contribution >= 0.6 is 0 Å². The molecule has 0 bridgehead atoms. The van der Waals surface area contributed by atoms with Gasteiger partial charge in [0.25, 0.3) is 0 Å². The number of carbonyl (C=O) groups is 2. The predicted octanol–water partition coefficient (Wildman–Crippen LogP) is 1.74. The molecule has 0 fully saturated rings. The number of rotatable bonds is 4. The van der Waals surface area contributed by atoms with Crippen molar-refractivity contribution in [3.63, 3.8) is 0 Å². The predicted molar refractivity (Wildman–Crippen MR) is 62.9 cm³/mol. The quantitative estimate of drug-likeness (QED) is 0.747. The average Bonchev–Trinajstić information content (AvgIpc) is 2.21. The summed E-state index contributed by atoms with van der Waals surface area (Å²) < 4.78 is 4.70.